The zero-order valence-electron chi connectivity index (χ0n) is 15.3. The summed E-state index contributed by atoms with van der Waals surface area (Å²) < 4.78 is 18.6. The number of ether oxygens (including phenoxy) is 1. The molecule has 2 aromatic rings. The number of carbonyl (C=O) groups excluding carboxylic acids is 3. The highest BCUT2D eigenvalue weighted by Gasteiger charge is 2.23. The van der Waals surface area contributed by atoms with Crippen molar-refractivity contribution >= 4 is 23.5 Å². The third-order valence-electron chi connectivity index (χ3n) is 3.84. The average molecular weight is 372 g/mol. The predicted octanol–water partition coefficient (Wildman–Crippen LogP) is 2.82. The zero-order valence-corrected chi connectivity index (χ0v) is 15.3. The molecule has 0 aliphatic carbocycles. The maximum absolute atomic E-state index is 13.5. The number of benzene rings is 2. The van der Waals surface area contributed by atoms with Crippen LogP contribution < -0.4 is 10.6 Å². The predicted molar refractivity (Wildman–Crippen MR) is 98.7 cm³/mol. The van der Waals surface area contributed by atoms with Crippen LogP contribution in [0.25, 0.3) is 0 Å². The van der Waals surface area contributed by atoms with Gasteiger partial charge in [-0.2, -0.15) is 0 Å². The van der Waals surface area contributed by atoms with Crippen molar-refractivity contribution < 1.29 is 23.5 Å². The number of hydrogen-bond donors (Lipinski definition) is 2. The van der Waals surface area contributed by atoms with Gasteiger partial charge in [0, 0.05) is 11.3 Å². The minimum absolute atomic E-state index is 0.261. The van der Waals surface area contributed by atoms with Crippen molar-refractivity contribution in [2.75, 3.05) is 5.32 Å². The molecule has 2 rings (SSSR count). The Morgan fingerprint density at radius 3 is 2.33 bits per heavy atom. The molecule has 2 atom stereocenters. The Bertz CT molecular complexity index is 839. The second-order valence-corrected chi connectivity index (χ2v) is 6.09. The van der Waals surface area contributed by atoms with Gasteiger partial charge in [-0.15, -0.1) is 0 Å². The number of hydrogen-bond acceptors (Lipinski definition) is 4. The molecule has 6 nitrogen and oxygen atoms in total. The number of carbonyl (C=O) groups is 3. The number of esters is 1. The molecule has 0 aromatic heterocycles. The van der Waals surface area contributed by atoms with E-state index >= 15 is 0 Å². The Labute approximate surface area is 156 Å². The number of amides is 2. The molecule has 0 aliphatic heterocycles. The Kier molecular flexibility index (Phi) is 6.65. The molecule has 142 valence electrons. The van der Waals surface area contributed by atoms with Crippen molar-refractivity contribution in [2.24, 2.45) is 0 Å². The number of halogens is 1. The first-order chi connectivity index (χ1) is 12.8. The molecule has 0 spiro atoms. The highest BCUT2D eigenvalue weighted by molar-refractivity contribution is 5.98. The first-order valence-corrected chi connectivity index (χ1v) is 8.41. The summed E-state index contributed by atoms with van der Waals surface area (Å²) in [7, 11) is 0. The monoisotopic (exact) mass is 372 g/mol. The Morgan fingerprint density at radius 2 is 1.70 bits per heavy atom. The molecular weight excluding hydrogens is 351 g/mol. The molecule has 0 radical (unpaired) electrons. The van der Waals surface area contributed by atoms with Gasteiger partial charge >= 0.3 is 5.97 Å². The lowest BCUT2D eigenvalue weighted by molar-refractivity contribution is -0.154. The molecule has 0 saturated heterocycles. The maximum atomic E-state index is 13.5. The minimum atomic E-state index is -1.11. The third kappa shape index (κ3) is 5.64. The molecule has 0 fully saturated rings. The normalized spacial score (nSPS) is 12.6. The van der Waals surface area contributed by atoms with Gasteiger partial charge in [-0.05, 0) is 50.6 Å². The van der Waals surface area contributed by atoms with E-state index in [1.54, 1.807) is 43.3 Å². The topological polar surface area (TPSA) is 84.5 Å². The van der Waals surface area contributed by atoms with Crippen LogP contribution in [-0.2, 0) is 14.3 Å². The van der Waals surface area contributed by atoms with Gasteiger partial charge in [0.1, 0.15) is 11.9 Å². The number of anilines is 1. The van der Waals surface area contributed by atoms with Crippen LogP contribution in [-0.4, -0.2) is 29.9 Å². The first-order valence-electron chi connectivity index (χ1n) is 8.41. The average Bonchev–Trinajstić information content (AvgIpc) is 2.65. The molecule has 27 heavy (non-hydrogen) atoms. The van der Waals surface area contributed by atoms with Crippen molar-refractivity contribution in [1.82, 2.24) is 5.32 Å². The number of aryl methyl sites for hydroxylation is 1. The molecular formula is C20H21FN2O4. The van der Waals surface area contributed by atoms with Crippen molar-refractivity contribution in [1.29, 1.82) is 0 Å². The van der Waals surface area contributed by atoms with E-state index in [0.29, 0.717) is 11.1 Å². The van der Waals surface area contributed by atoms with Gasteiger partial charge in [0.05, 0.1) is 0 Å². The Hall–Kier alpha value is -3.22. The fraction of sp³-hybridized carbons (Fsp3) is 0.250. The van der Waals surface area contributed by atoms with Gasteiger partial charge in [0.25, 0.3) is 11.8 Å². The first kappa shape index (κ1) is 20.1. The van der Waals surface area contributed by atoms with Crippen LogP contribution in [0, 0.1) is 12.7 Å². The summed E-state index contributed by atoms with van der Waals surface area (Å²) in [5.41, 5.74) is 1.12. The number of nitrogens with one attached hydrogen (secondary N) is 2. The molecule has 0 heterocycles. The summed E-state index contributed by atoms with van der Waals surface area (Å²) in [6, 6.07) is 11.7. The van der Waals surface area contributed by atoms with Crippen LogP contribution in [0.3, 0.4) is 0 Å². The van der Waals surface area contributed by atoms with E-state index in [1.807, 2.05) is 0 Å². The van der Waals surface area contributed by atoms with E-state index < -0.39 is 35.7 Å². The summed E-state index contributed by atoms with van der Waals surface area (Å²) in [4.78, 5) is 36.3. The lowest BCUT2D eigenvalue weighted by atomic mass is 10.2. The standard InChI is InChI=1S/C20H21FN2O4/c1-12-9-10-16(11-17(12)21)23-18(24)14(3)27-20(26)13(2)22-19(25)15-7-5-4-6-8-15/h4-11,13-14H,1-3H3,(H,22,25)(H,23,24)/t13-,14?/m0/s1. The minimum Gasteiger partial charge on any atom is -0.451 e. The largest absolute Gasteiger partial charge is 0.451 e. The highest BCUT2D eigenvalue weighted by atomic mass is 19.1. The van der Waals surface area contributed by atoms with Crippen LogP contribution in [0.5, 0.6) is 0 Å². The van der Waals surface area contributed by atoms with E-state index in [4.69, 9.17) is 4.74 Å². The number of rotatable bonds is 6. The summed E-state index contributed by atoms with van der Waals surface area (Å²) in [6.45, 7) is 4.46. The highest BCUT2D eigenvalue weighted by Crippen LogP contribution is 2.14. The van der Waals surface area contributed by atoms with Crippen LogP contribution in [0.2, 0.25) is 0 Å². The second kappa shape index (κ2) is 8.93. The second-order valence-electron chi connectivity index (χ2n) is 6.09. The van der Waals surface area contributed by atoms with E-state index in [2.05, 4.69) is 10.6 Å². The third-order valence-corrected chi connectivity index (χ3v) is 3.84. The summed E-state index contributed by atoms with van der Waals surface area (Å²) in [5, 5.41) is 4.99. The molecule has 0 bridgehead atoms. The molecule has 2 amide bonds. The van der Waals surface area contributed by atoms with Gasteiger partial charge in [0.2, 0.25) is 0 Å². The Morgan fingerprint density at radius 1 is 1.04 bits per heavy atom. The molecule has 0 aliphatic rings. The van der Waals surface area contributed by atoms with Crippen LogP contribution in [0.1, 0.15) is 29.8 Å². The molecule has 2 N–H and O–H groups in total. The van der Waals surface area contributed by atoms with E-state index in [1.165, 1.54) is 26.0 Å². The lowest BCUT2D eigenvalue weighted by Crippen LogP contribution is -2.42. The molecule has 0 saturated carbocycles. The maximum Gasteiger partial charge on any atom is 0.329 e. The van der Waals surface area contributed by atoms with Crippen LogP contribution >= 0.6 is 0 Å². The van der Waals surface area contributed by atoms with Crippen molar-refractivity contribution in [2.45, 2.75) is 32.9 Å². The van der Waals surface area contributed by atoms with Crippen molar-refractivity contribution in [3.63, 3.8) is 0 Å². The van der Waals surface area contributed by atoms with Crippen molar-refractivity contribution in [3.8, 4) is 0 Å². The lowest BCUT2D eigenvalue weighted by Gasteiger charge is -2.17. The van der Waals surface area contributed by atoms with Gasteiger partial charge in [-0.25, -0.2) is 9.18 Å². The summed E-state index contributed by atoms with van der Waals surface area (Å²) in [5.74, 6) is -2.23. The fourth-order valence-electron chi connectivity index (χ4n) is 2.17. The van der Waals surface area contributed by atoms with Crippen molar-refractivity contribution in [3.05, 3.63) is 65.5 Å². The van der Waals surface area contributed by atoms with Gasteiger partial charge in [-0.3, -0.25) is 9.59 Å². The molecule has 2 aromatic carbocycles. The van der Waals surface area contributed by atoms with Gasteiger partial charge < -0.3 is 15.4 Å². The Balaban J connectivity index is 1.88. The van der Waals surface area contributed by atoms with Crippen LogP contribution in [0.4, 0.5) is 10.1 Å². The van der Waals surface area contributed by atoms with E-state index in [9.17, 15) is 18.8 Å². The zero-order chi connectivity index (χ0) is 20.0. The quantitative estimate of drug-likeness (QED) is 0.764. The SMILES string of the molecule is Cc1ccc(NC(=O)C(C)OC(=O)[C@H](C)NC(=O)c2ccccc2)cc1F. The van der Waals surface area contributed by atoms with Gasteiger partial charge in [-0.1, -0.05) is 24.3 Å². The van der Waals surface area contributed by atoms with E-state index in [0.717, 1.165) is 0 Å². The molecule has 7 heteroatoms. The fourth-order valence-corrected chi connectivity index (χ4v) is 2.17. The summed E-state index contributed by atoms with van der Waals surface area (Å²) in [6.07, 6.45) is -1.11. The smallest absolute Gasteiger partial charge is 0.329 e. The van der Waals surface area contributed by atoms with Gasteiger partial charge in [0.15, 0.2) is 6.10 Å². The summed E-state index contributed by atoms with van der Waals surface area (Å²) >= 11 is 0. The van der Waals surface area contributed by atoms with Crippen LogP contribution in [0.15, 0.2) is 48.5 Å². The molecule has 1 unspecified atom stereocenters. The van der Waals surface area contributed by atoms with E-state index in [-0.39, 0.29) is 5.69 Å².